The second-order valence-electron chi connectivity index (χ2n) is 4.53. The van der Waals surface area contributed by atoms with E-state index in [0.717, 1.165) is 32.5 Å². The normalized spacial score (nSPS) is 16.3. The van der Waals surface area contributed by atoms with Gasteiger partial charge >= 0.3 is 0 Å². The van der Waals surface area contributed by atoms with Gasteiger partial charge in [0.25, 0.3) is 0 Å². The molecule has 3 heteroatoms. The average Bonchev–Trinajstić information content (AvgIpc) is 2.25. The Morgan fingerprint density at radius 1 is 1.60 bits per heavy atom. The summed E-state index contributed by atoms with van der Waals surface area (Å²) in [6, 6.07) is 0. The van der Waals surface area contributed by atoms with Crippen LogP contribution in [0.1, 0.15) is 33.1 Å². The predicted octanol–water partition coefficient (Wildman–Crippen LogP) is 1.46. The van der Waals surface area contributed by atoms with Gasteiger partial charge in [0.15, 0.2) is 0 Å². The van der Waals surface area contributed by atoms with E-state index in [1.165, 1.54) is 5.57 Å². The van der Waals surface area contributed by atoms with Crippen LogP contribution in [-0.2, 0) is 4.79 Å². The van der Waals surface area contributed by atoms with Crippen LogP contribution in [0.15, 0.2) is 11.6 Å². The van der Waals surface area contributed by atoms with Crippen molar-refractivity contribution in [1.29, 1.82) is 0 Å². The van der Waals surface area contributed by atoms with Crippen LogP contribution in [0.25, 0.3) is 0 Å². The van der Waals surface area contributed by atoms with Crippen LogP contribution in [0.4, 0.5) is 0 Å². The third kappa shape index (κ3) is 5.57. The molecule has 86 valence electrons. The topological polar surface area (TPSA) is 41.1 Å². The maximum Gasteiger partial charge on any atom is 0.220 e. The number of rotatable bonds is 5. The lowest BCUT2D eigenvalue weighted by atomic mass is 10.1. The van der Waals surface area contributed by atoms with E-state index in [2.05, 4.69) is 30.6 Å². The molecular weight excluding hydrogens is 188 g/mol. The molecule has 0 saturated carbocycles. The summed E-state index contributed by atoms with van der Waals surface area (Å²) in [6.07, 6.45) is 4.87. The molecule has 1 rings (SSSR count). The summed E-state index contributed by atoms with van der Waals surface area (Å²) < 4.78 is 0. The lowest BCUT2D eigenvalue weighted by Crippen LogP contribution is -2.29. The first-order valence-electron chi connectivity index (χ1n) is 5.84. The van der Waals surface area contributed by atoms with E-state index in [1.807, 2.05) is 0 Å². The number of hydrogen-bond acceptors (Lipinski definition) is 2. The van der Waals surface area contributed by atoms with Gasteiger partial charge in [-0.15, -0.1) is 0 Å². The minimum Gasteiger partial charge on any atom is -0.352 e. The van der Waals surface area contributed by atoms with E-state index in [0.29, 0.717) is 12.3 Å². The molecule has 0 fully saturated rings. The van der Waals surface area contributed by atoms with Gasteiger partial charge in [-0.25, -0.2) is 0 Å². The maximum atomic E-state index is 11.4. The first-order chi connectivity index (χ1) is 7.18. The molecule has 0 aromatic carbocycles. The molecule has 15 heavy (non-hydrogen) atoms. The van der Waals surface area contributed by atoms with Crippen LogP contribution in [0.2, 0.25) is 0 Å². The lowest BCUT2D eigenvalue weighted by molar-refractivity contribution is -0.121. The molecule has 0 saturated heterocycles. The summed E-state index contributed by atoms with van der Waals surface area (Å²) in [5.74, 6) is 0.789. The van der Waals surface area contributed by atoms with Crippen LogP contribution in [-0.4, -0.2) is 25.5 Å². The Morgan fingerprint density at radius 3 is 3.00 bits per heavy atom. The molecule has 0 atom stereocenters. The monoisotopic (exact) mass is 210 g/mol. The second-order valence-corrected chi connectivity index (χ2v) is 4.53. The molecule has 0 unspecified atom stereocenters. The van der Waals surface area contributed by atoms with Crippen LogP contribution in [0, 0.1) is 5.92 Å². The summed E-state index contributed by atoms with van der Waals surface area (Å²) in [7, 11) is 0. The van der Waals surface area contributed by atoms with Crippen molar-refractivity contribution in [3.63, 3.8) is 0 Å². The summed E-state index contributed by atoms with van der Waals surface area (Å²) in [5.41, 5.74) is 1.35. The van der Waals surface area contributed by atoms with E-state index in [1.54, 1.807) is 0 Å². The summed E-state index contributed by atoms with van der Waals surface area (Å²) in [4.78, 5) is 11.4. The second kappa shape index (κ2) is 6.62. The quantitative estimate of drug-likeness (QED) is 0.674. The number of hydrogen-bond donors (Lipinski definition) is 2. The van der Waals surface area contributed by atoms with Crippen molar-refractivity contribution in [3.05, 3.63) is 11.6 Å². The largest absolute Gasteiger partial charge is 0.352 e. The fourth-order valence-electron chi connectivity index (χ4n) is 1.55. The van der Waals surface area contributed by atoms with Crippen LogP contribution >= 0.6 is 0 Å². The van der Waals surface area contributed by atoms with Gasteiger partial charge in [0.2, 0.25) is 5.91 Å². The predicted molar refractivity (Wildman–Crippen MR) is 62.7 cm³/mol. The number of amides is 1. The first-order valence-corrected chi connectivity index (χ1v) is 5.84. The molecule has 1 aliphatic heterocycles. The molecule has 1 amide bonds. The highest BCUT2D eigenvalue weighted by Crippen LogP contribution is 2.05. The van der Waals surface area contributed by atoms with Crippen molar-refractivity contribution in [2.75, 3.05) is 19.6 Å². The Morgan fingerprint density at radius 2 is 2.40 bits per heavy atom. The summed E-state index contributed by atoms with van der Waals surface area (Å²) in [6.45, 7) is 6.99. The van der Waals surface area contributed by atoms with Gasteiger partial charge in [0.05, 0.1) is 0 Å². The van der Waals surface area contributed by atoms with Crippen molar-refractivity contribution >= 4 is 5.91 Å². The van der Waals surface area contributed by atoms with Crippen molar-refractivity contribution < 1.29 is 4.79 Å². The Balaban J connectivity index is 2.13. The molecular formula is C12H22N2O. The first kappa shape index (κ1) is 12.2. The van der Waals surface area contributed by atoms with E-state index in [4.69, 9.17) is 0 Å². The van der Waals surface area contributed by atoms with Gasteiger partial charge < -0.3 is 10.6 Å². The zero-order valence-corrected chi connectivity index (χ0v) is 9.81. The molecule has 1 aliphatic rings. The SMILES string of the molecule is CC(C)CCC(=O)NCC1=CCNCC1. The number of nitrogens with one attached hydrogen (secondary N) is 2. The number of carbonyl (C=O) groups excluding carboxylic acids is 1. The van der Waals surface area contributed by atoms with Crippen molar-refractivity contribution in [2.45, 2.75) is 33.1 Å². The van der Waals surface area contributed by atoms with Gasteiger partial charge in [-0.1, -0.05) is 25.5 Å². The molecule has 0 aromatic rings. The van der Waals surface area contributed by atoms with Gasteiger partial charge in [-0.3, -0.25) is 4.79 Å². The maximum absolute atomic E-state index is 11.4. The van der Waals surface area contributed by atoms with E-state index in [-0.39, 0.29) is 5.91 Å². The Hall–Kier alpha value is -0.830. The smallest absolute Gasteiger partial charge is 0.220 e. The highest BCUT2D eigenvalue weighted by atomic mass is 16.1. The Labute approximate surface area is 92.3 Å². The van der Waals surface area contributed by atoms with Crippen molar-refractivity contribution in [3.8, 4) is 0 Å². The molecule has 0 aliphatic carbocycles. The minimum atomic E-state index is 0.183. The van der Waals surface area contributed by atoms with E-state index < -0.39 is 0 Å². The summed E-state index contributed by atoms with van der Waals surface area (Å²) in [5, 5.41) is 6.23. The number of carbonyl (C=O) groups is 1. The zero-order valence-electron chi connectivity index (χ0n) is 9.81. The fourth-order valence-corrected chi connectivity index (χ4v) is 1.55. The van der Waals surface area contributed by atoms with Crippen LogP contribution < -0.4 is 10.6 Å². The lowest BCUT2D eigenvalue weighted by Gasteiger charge is -2.14. The Bertz CT molecular complexity index is 234. The molecule has 0 bridgehead atoms. The molecule has 0 spiro atoms. The van der Waals surface area contributed by atoms with Crippen LogP contribution in [0.3, 0.4) is 0 Å². The molecule has 0 aromatic heterocycles. The zero-order chi connectivity index (χ0) is 11.1. The third-order valence-electron chi connectivity index (χ3n) is 2.62. The van der Waals surface area contributed by atoms with Gasteiger partial charge in [0.1, 0.15) is 0 Å². The molecule has 3 nitrogen and oxygen atoms in total. The fraction of sp³-hybridized carbons (Fsp3) is 0.750. The van der Waals surface area contributed by atoms with E-state index >= 15 is 0 Å². The average molecular weight is 210 g/mol. The van der Waals surface area contributed by atoms with E-state index in [9.17, 15) is 4.79 Å². The van der Waals surface area contributed by atoms with Crippen molar-refractivity contribution in [1.82, 2.24) is 10.6 Å². The standard InChI is InChI=1S/C12H22N2O/c1-10(2)3-4-12(15)14-9-11-5-7-13-8-6-11/h5,10,13H,3-4,6-9H2,1-2H3,(H,14,15). The van der Waals surface area contributed by atoms with Gasteiger partial charge in [-0.2, -0.15) is 0 Å². The minimum absolute atomic E-state index is 0.183. The van der Waals surface area contributed by atoms with Gasteiger partial charge in [0, 0.05) is 19.5 Å². The molecule has 2 N–H and O–H groups in total. The van der Waals surface area contributed by atoms with Gasteiger partial charge in [-0.05, 0) is 25.3 Å². The van der Waals surface area contributed by atoms with Crippen molar-refractivity contribution in [2.24, 2.45) is 5.92 Å². The summed E-state index contributed by atoms with van der Waals surface area (Å²) >= 11 is 0. The highest BCUT2D eigenvalue weighted by molar-refractivity contribution is 5.76. The van der Waals surface area contributed by atoms with Crippen LogP contribution in [0.5, 0.6) is 0 Å². The highest BCUT2D eigenvalue weighted by Gasteiger charge is 2.06. The Kier molecular flexibility index (Phi) is 5.40. The molecule has 0 radical (unpaired) electrons. The third-order valence-corrected chi connectivity index (χ3v) is 2.62. The molecule has 1 heterocycles.